The lowest BCUT2D eigenvalue weighted by Gasteiger charge is -2.48. The Labute approximate surface area is 157 Å². The van der Waals surface area contributed by atoms with E-state index in [1.807, 2.05) is 0 Å². The number of rotatable bonds is 4. The summed E-state index contributed by atoms with van der Waals surface area (Å²) in [6.45, 7) is 4.45. The molecule has 142 valence electrons. The van der Waals surface area contributed by atoms with E-state index in [-0.39, 0.29) is 17.4 Å². The van der Waals surface area contributed by atoms with E-state index in [4.69, 9.17) is 4.74 Å². The molecule has 0 unspecified atom stereocenters. The van der Waals surface area contributed by atoms with Crippen LogP contribution >= 0.6 is 0 Å². The number of nitrogens with one attached hydrogen (secondary N) is 1. The van der Waals surface area contributed by atoms with Crippen LogP contribution in [0.3, 0.4) is 0 Å². The second kappa shape index (κ2) is 8.10. The van der Waals surface area contributed by atoms with Crippen molar-refractivity contribution in [1.82, 2.24) is 10.2 Å². The first-order chi connectivity index (χ1) is 12.8. The van der Waals surface area contributed by atoms with Crippen molar-refractivity contribution in [3.8, 4) is 0 Å². The number of aryl methyl sites for hydroxylation is 1. The van der Waals surface area contributed by atoms with Gasteiger partial charge in [-0.05, 0) is 43.2 Å². The zero-order valence-electron chi connectivity index (χ0n) is 15.8. The molecule has 4 heteroatoms. The Morgan fingerprint density at radius 3 is 2.69 bits per heavy atom. The van der Waals surface area contributed by atoms with Crippen LogP contribution in [0.5, 0.6) is 0 Å². The molecule has 0 bridgehead atoms. The van der Waals surface area contributed by atoms with E-state index >= 15 is 0 Å². The van der Waals surface area contributed by atoms with Crippen molar-refractivity contribution in [3.05, 3.63) is 35.4 Å². The third kappa shape index (κ3) is 3.67. The Morgan fingerprint density at radius 2 is 1.88 bits per heavy atom. The summed E-state index contributed by atoms with van der Waals surface area (Å²) >= 11 is 0. The highest BCUT2D eigenvalue weighted by Gasteiger charge is 2.39. The first-order valence-corrected chi connectivity index (χ1v) is 10.5. The predicted molar refractivity (Wildman–Crippen MR) is 103 cm³/mol. The van der Waals surface area contributed by atoms with Gasteiger partial charge in [-0.15, -0.1) is 0 Å². The van der Waals surface area contributed by atoms with Gasteiger partial charge in [-0.1, -0.05) is 43.5 Å². The largest absolute Gasteiger partial charge is 0.379 e. The molecule has 1 aromatic rings. The van der Waals surface area contributed by atoms with E-state index in [9.17, 15) is 4.79 Å². The number of benzene rings is 1. The van der Waals surface area contributed by atoms with Crippen molar-refractivity contribution in [1.29, 1.82) is 0 Å². The highest BCUT2D eigenvalue weighted by Crippen LogP contribution is 2.35. The van der Waals surface area contributed by atoms with Crippen molar-refractivity contribution < 1.29 is 9.53 Å². The molecule has 0 radical (unpaired) electrons. The number of nitrogens with zero attached hydrogens (tertiary/aromatic N) is 1. The Balaban J connectivity index is 1.45. The van der Waals surface area contributed by atoms with Gasteiger partial charge in [0.2, 0.25) is 5.91 Å². The number of fused-ring (bicyclic) bond motifs is 1. The Hall–Kier alpha value is -1.39. The monoisotopic (exact) mass is 356 g/mol. The average molecular weight is 357 g/mol. The molecular formula is C22H32N2O2. The fraction of sp³-hybridized carbons (Fsp3) is 0.682. The summed E-state index contributed by atoms with van der Waals surface area (Å²) in [6.07, 6.45) is 9.49. The molecule has 0 aromatic heterocycles. The maximum absolute atomic E-state index is 13.1. The molecule has 1 atom stereocenters. The van der Waals surface area contributed by atoms with Crippen molar-refractivity contribution in [2.75, 3.05) is 32.8 Å². The van der Waals surface area contributed by atoms with Crippen LogP contribution in [0.1, 0.15) is 62.0 Å². The molecule has 1 aromatic carbocycles. The molecule has 1 aliphatic heterocycles. The molecular weight excluding hydrogens is 324 g/mol. The summed E-state index contributed by atoms with van der Waals surface area (Å²) in [7, 11) is 0. The smallest absolute Gasteiger partial charge is 0.227 e. The Bertz CT molecular complexity index is 618. The summed E-state index contributed by atoms with van der Waals surface area (Å²) in [6, 6.07) is 8.50. The third-order valence-corrected chi connectivity index (χ3v) is 6.74. The van der Waals surface area contributed by atoms with Gasteiger partial charge in [0.05, 0.1) is 19.1 Å². The van der Waals surface area contributed by atoms with E-state index in [2.05, 4.69) is 34.5 Å². The predicted octanol–water partition coefficient (Wildman–Crippen LogP) is 3.26. The first-order valence-electron chi connectivity index (χ1n) is 10.5. The first kappa shape index (κ1) is 18.0. The molecule has 1 N–H and O–H groups in total. The van der Waals surface area contributed by atoms with Gasteiger partial charge in [0.1, 0.15) is 0 Å². The summed E-state index contributed by atoms with van der Waals surface area (Å²) in [5.41, 5.74) is 2.76. The van der Waals surface area contributed by atoms with E-state index in [0.717, 1.165) is 52.1 Å². The number of hydrogen-bond donors (Lipinski definition) is 1. The maximum Gasteiger partial charge on any atom is 0.227 e. The molecule has 3 aliphatic rings. The minimum atomic E-state index is 0.0327. The number of amides is 1. The van der Waals surface area contributed by atoms with E-state index in [0.29, 0.717) is 0 Å². The molecule has 4 rings (SSSR count). The van der Waals surface area contributed by atoms with E-state index in [1.54, 1.807) is 0 Å². The van der Waals surface area contributed by atoms with E-state index in [1.165, 1.54) is 43.2 Å². The average Bonchev–Trinajstić information content (AvgIpc) is 2.73. The normalized spacial score (nSPS) is 26.1. The van der Waals surface area contributed by atoms with Crippen LogP contribution < -0.4 is 5.32 Å². The second-order valence-corrected chi connectivity index (χ2v) is 8.25. The van der Waals surface area contributed by atoms with Crippen LogP contribution in [0, 0.1) is 0 Å². The van der Waals surface area contributed by atoms with Gasteiger partial charge in [0.25, 0.3) is 0 Å². The quantitative estimate of drug-likeness (QED) is 0.900. The lowest BCUT2D eigenvalue weighted by Crippen LogP contribution is -2.60. The molecule has 1 heterocycles. The number of carbonyl (C=O) groups is 1. The lowest BCUT2D eigenvalue weighted by molar-refractivity contribution is -0.124. The van der Waals surface area contributed by atoms with Gasteiger partial charge < -0.3 is 10.1 Å². The summed E-state index contributed by atoms with van der Waals surface area (Å²) in [5.74, 6) is 0.264. The molecule has 26 heavy (non-hydrogen) atoms. The van der Waals surface area contributed by atoms with Gasteiger partial charge in [0, 0.05) is 25.2 Å². The minimum absolute atomic E-state index is 0.0327. The number of hydrogen-bond acceptors (Lipinski definition) is 3. The molecule has 1 saturated heterocycles. The van der Waals surface area contributed by atoms with Crippen LogP contribution in [-0.4, -0.2) is 49.2 Å². The topological polar surface area (TPSA) is 41.6 Å². The van der Waals surface area contributed by atoms with Gasteiger partial charge in [0.15, 0.2) is 0 Å². The molecule has 2 fully saturated rings. The molecule has 2 aliphatic carbocycles. The van der Waals surface area contributed by atoms with Crippen molar-refractivity contribution >= 4 is 5.91 Å². The fourth-order valence-electron chi connectivity index (χ4n) is 5.25. The fourth-order valence-corrected chi connectivity index (χ4v) is 5.25. The zero-order valence-corrected chi connectivity index (χ0v) is 15.8. The van der Waals surface area contributed by atoms with Crippen LogP contribution in [0.2, 0.25) is 0 Å². The maximum atomic E-state index is 13.1. The summed E-state index contributed by atoms with van der Waals surface area (Å²) in [5, 5.41) is 3.38. The molecule has 4 nitrogen and oxygen atoms in total. The van der Waals surface area contributed by atoms with Crippen LogP contribution in [0.4, 0.5) is 0 Å². The number of carbonyl (C=O) groups excluding carboxylic acids is 1. The second-order valence-electron chi connectivity index (χ2n) is 8.25. The van der Waals surface area contributed by atoms with Crippen molar-refractivity contribution in [2.45, 2.75) is 62.8 Å². The van der Waals surface area contributed by atoms with Gasteiger partial charge in [-0.3, -0.25) is 9.69 Å². The van der Waals surface area contributed by atoms with Crippen LogP contribution in [0.25, 0.3) is 0 Å². The highest BCUT2D eigenvalue weighted by molar-refractivity contribution is 5.84. The van der Waals surface area contributed by atoms with Crippen LogP contribution in [-0.2, 0) is 16.0 Å². The highest BCUT2D eigenvalue weighted by atomic mass is 16.5. The number of ether oxygens (including phenoxy) is 1. The standard InChI is InChI=1S/C22H32N2O2/c25-21(20-10-6-8-18-7-2-3-9-19(18)20)23-17-22(11-4-1-5-12-22)24-13-15-26-16-14-24/h2-3,7,9,20H,1,4-6,8,10-17H2,(H,23,25)/t20-/m1/s1. The van der Waals surface area contributed by atoms with Crippen molar-refractivity contribution in [2.24, 2.45) is 0 Å². The Kier molecular flexibility index (Phi) is 5.60. The van der Waals surface area contributed by atoms with Gasteiger partial charge >= 0.3 is 0 Å². The van der Waals surface area contributed by atoms with Gasteiger partial charge in [-0.25, -0.2) is 0 Å². The minimum Gasteiger partial charge on any atom is -0.379 e. The Morgan fingerprint density at radius 1 is 1.12 bits per heavy atom. The van der Waals surface area contributed by atoms with Crippen LogP contribution in [0.15, 0.2) is 24.3 Å². The molecule has 1 saturated carbocycles. The van der Waals surface area contributed by atoms with E-state index < -0.39 is 0 Å². The number of morpholine rings is 1. The summed E-state index contributed by atoms with van der Waals surface area (Å²) < 4.78 is 5.57. The molecule has 1 amide bonds. The molecule has 0 spiro atoms. The van der Waals surface area contributed by atoms with Gasteiger partial charge in [-0.2, -0.15) is 0 Å². The third-order valence-electron chi connectivity index (χ3n) is 6.74. The SMILES string of the molecule is O=C(NCC1(N2CCOCC2)CCCCC1)[C@@H]1CCCc2ccccc21. The zero-order chi connectivity index (χ0) is 17.8. The lowest BCUT2D eigenvalue weighted by atomic mass is 9.79. The summed E-state index contributed by atoms with van der Waals surface area (Å²) in [4.78, 5) is 15.7. The van der Waals surface area contributed by atoms with Crippen molar-refractivity contribution in [3.63, 3.8) is 0 Å².